The molecule has 0 spiro atoms. The molecule has 0 saturated heterocycles. The second kappa shape index (κ2) is 8.69. The van der Waals surface area contributed by atoms with E-state index in [0.717, 1.165) is 10.9 Å². The van der Waals surface area contributed by atoms with E-state index >= 15 is 0 Å². The summed E-state index contributed by atoms with van der Waals surface area (Å²) >= 11 is 1.40. The van der Waals surface area contributed by atoms with E-state index in [-0.39, 0.29) is 11.6 Å². The number of amides is 1. The third-order valence-corrected chi connectivity index (χ3v) is 5.66. The molecule has 0 aliphatic rings. The maximum absolute atomic E-state index is 12.4. The summed E-state index contributed by atoms with van der Waals surface area (Å²) in [6.45, 7) is 6.67. The number of thiazole rings is 1. The first kappa shape index (κ1) is 20.7. The fraction of sp³-hybridized carbons (Fsp3) is 0.217. The van der Waals surface area contributed by atoms with E-state index < -0.39 is 5.91 Å². The third kappa shape index (κ3) is 4.64. The molecule has 0 atom stereocenters. The van der Waals surface area contributed by atoms with Gasteiger partial charge in [0, 0.05) is 41.2 Å². The molecule has 7 nitrogen and oxygen atoms in total. The van der Waals surface area contributed by atoms with Crippen molar-refractivity contribution in [2.45, 2.75) is 33.4 Å². The summed E-state index contributed by atoms with van der Waals surface area (Å²) in [4.78, 5) is 32.5. The molecule has 0 saturated carbocycles. The van der Waals surface area contributed by atoms with E-state index in [9.17, 15) is 9.59 Å². The Bertz CT molecular complexity index is 1380. The van der Waals surface area contributed by atoms with Crippen molar-refractivity contribution in [3.63, 3.8) is 0 Å². The van der Waals surface area contributed by atoms with Gasteiger partial charge in [-0.25, -0.2) is 4.68 Å². The standard InChI is InChI=1S/C23H23N5O2S/c1-15(2)28-21-19(13-24-28)12-18(22(30)26-21)8-9-20(29)25-23-27(10-11-31-23)14-17-6-4-16(3)5-7-17/h4-13,15H,14H2,1-3H3,(H,26,30). The minimum absolute atomic E-state index is 0.132. The maximum Gasteiger partial charge on any atom is 0.272 e. The largest absolute Gasteiger partial charge is 0.319 e. The fourth-order valence-corrected chi connectivity index (χ4v) is 3.96. The SMILES string of the molecule is Cc1ccc(Cn2ccsc2=NC(=O)C=Cc2cc3cnn(C(C)C)c3[nH]c2=O)cc1. The van der Waals surface area contributed by atoms with Crippen molar-refractivity contribution >= 4 is 34.4 Å². The highest BCUT2D eigenvalue weighted by atomic mass is 32.1. The second-order valence-electron chi connectivity index (χ2n) is 7.62. The van der Waals surface area contributed by atoms with Crippen LogP contribution in [-0.2, 0) is 11.3 Å². The van der Waals surface area contributed by atoms with Gasteiger partial charge in [0.15, 0.2) is 4.80 Å². The van der Waals surface area contributed by atoms with Crippen molar-refractivity contribution in [2.24, 2.45) is 4.99 Å². The van der Waals surface area contributed by atoms with Gasteiger partial charge in [0.2, 0.25) is 0 Å². The summed E-state index contributed by atoms with van der Waals surface area (Å²) in [6, 6.07) is 10.1. The number of aromatic amines is 1. The average molecular weight is 434 g/mol. The van der Waals surface area contributed by atoms with E-state index in [1.165, 1.54) is 29.1 Å². The van der Waals surface area contributed by atoms with Gasteiger partial charge in [-0.2, -0.15) is 10.1 Å². The predicted molar refractivity (Wildman–Crippen MR) is 123 cm³/mol. The molecule has 4 aromatic rings. The normalized spacial score (nSPS) is 12.5. The Labute approximate surface area is 183 Å². The number of H-pyrrole nitrogens is 1. The summed E-state index contributed by atoms with van der Waals surface area (Å²) in [5.41, 5.74) is 3.12. The summed E-state index contributed by atoms with van der Waals surface area (Å²) in [7, 11) is 0. The summed E-state index contributed by atoms with van der Waals surface area (Å²) < 4.78 is 3.69. The number of benzene rings is 1. The van der Waals surface area contributed by atoms with E-state index in [2.05, 4.69) is 39.3 Å². The van der Waals surface area contributed by atoms with Crippen LogP contribution in [0.25, 0.3) is 17.1 Å². The molecule has 1 amide bonds. The lowest BCUT2D eigenvalue weighted by Crippen LogP contribution is -2.16. The molecule has 8 heteroatoms. The van der Waals surface area contributed by atoms with Gasteiger partial charge in [-0.3, -0.25) is 9.59 Å². The van der Waals surface area contributed by atoms with Crippen LogP contribution in [0.2, 0.25) is 0 Å². The first-order chi connectivity index (χ1) is 14.9. The average Bonchev–Trinajstić information content (AvgIpc) is 3.34. The molecule has 0 aliphatic carbocycles. The molecule has 4 rings (SSSR count). The van der Waals surface area contributed by atoms with Gasteiger partial charge < -0.3 is 9.55 Å². The Hall–Kier alpha value is -3.52. The molecule has 0 bridgehead atoms. The Kier molecular flexibility index (Phi) is 5.81. The molecule has 158 valence electrons. The third-order valence-electron chi connectivity index (χ3n) is 4.86. The molecule has 0 unspecified atom stereocenters. The van der Waals surface area contributed by atoms with Crippen molar-refractivity contribution in [3.8, 4) is 0 Å². The van der Waals surface area contributed by atoms with Crippen molar-refractivity contribution in [1.82, 2.24) is 19.3 Å². The zero-order valence-corrected chi connectivity index (χ0v) is 18.4. The van der Waals surface area contributed by atoms with Gasteiger partial charge in [0.1, 0.15) is 5.65 Å². The molecular weight excluding hydrogens is 410 g/mol. The fourth-order valence-electron chi connectivity index (χ4n) is 3.23. The van der Waals surface area contributed by atoms with Gasteiger partial charge in [0.25, 0.3) is 11.5 Å². The number of nitrogens with one attached hydrogen (secondary N) is 1. The van der Waals surface area contributed by atoms with Crippen LogP contribution in [0.5, 0.6) is 0 Å². The molecule has 1 aromatic carbocycles. The predicted octanol–water partition coefficient (Wildman–Crippen LogP) is 3.67. The first-order valence-corrected chi connectivity index (χ1v) is 10.9. The highest BCUT2D eigenvalue weighted by molar-refractivity contribution is 7.07. The van der Waals surface area contributed by atoms with E-state index in [4.69, 9.17) is 0 Å². The molecule has 0 fully saturated rings. The minimum Gasteiger partial charge on any atom is -0.319 e. The number of nitrogens with zero attached hydrogens (tertiary/aromatic N) is 4. The summed E-state index contributed by atoms with van der Waals surface area (Å²) in [6.07, 6.45) is 6.42. The number of aryl methyl sites for hydroxylation is 1. The van der Waals surface area contributed by atoms with E-state index in [1.54, 1.807) is 16.9 Å². The van der Waals surface area contributed by atoms with Crippen molar-refractivity contribution in [1.29, 1.82) is 0 Å². The van der Waals surface area contributed by atoms with Crippen LogP contribution < -0.4 is 10.4 Å². The van der Waals surface area contributed by atoms with Crippen LogP contribution in [0.4, 0.5) is 0 Å². The molecule has 1 N–H and O–H groups in total. The molecule has 0 aliphatic heterocycles. The number of fused-ring (bicyclic) bond motifs is 1. The number of aromatic nitrogens is 4. The van der Waals surface area contributed by atoms with Gasteiger partial charge in [-0.15, -0.1) is 11.3 Å². The Morgan fingerprint density at radius 2 is 2.06 bits per heavy atom. The smallest absolute Gasteiger partial charge is 0.272 e. The first-order valence-electron chi connectivity index (χ1n) is 9.97. The highest BCUT2D eigenvalue weighted by Gasteiger charge is 2.09. The number of pyridine rings is 1. The van der Waals surface area contributed by atoms with Crippen molar-refractivity contribution in [3.05, 3.63) is 86.0 Å². The van der Waals surface area contributed by atoms with Crippen molar-refractivity contribution in [2.75, 3.05) is 0 Å². The van der Waals surface area contributed by atoms with Crippen LogP contribution in [0, 0.1) is 6.92 Å². The number of hydrogen-bond acceptors (Lipinski definition) is 4. The molecule has 0 radical (unpaired) electrons. The summed E-state index contributed by atoms with van der Waals surface area (Å²) in [5.74, 6) is -0.419. The van der Waals surface area contributed by atoms with Crippen molar-refractivity contribution < 1.29 is 4.79 Å². The molecule has 31 heavy (non-hydrogen) atoms. The van der Waals surface area contributed by atoms with Crippen LogP contribution in [-0.4, -0.2) is 25.2 Å². The van der Waals surface area contributed by atoms with Gasteiger partial charge >= 0.3 is 0 Å². The zero-order chi connectivity index (χ0) is 22.0. The second-order valence-corrected chi connectivity index (χ2v) is 8.50. The molecule has 3 heterocycles. The highest BCUT2D eigenvalue weighted by Crippen LogP contribution is 2.15. The lowest BCUT2D eigenvalue weighted by Gasteiger charge is -2.06. The maximum atomic E-state index is 12.4. The van der Waals surface area contributed by atoms with Crippen LogP contribution >= 0.6 is 11.3 Å². The van der Waals surface area contributed by atoms with E-state index in [0.29, 0.717) is 22.6 Å². The van der Waals surface area contributed by atoms with Crippen LogP contribution in [0.3, 0.4) is 0 Å². The summed E-state index contributed by atoms with van der Waals surface area (Å²) in [5, 5.41) is 7.02. The molecular formula is C23H23N5O2S. The van der Waals surface area contributed by atoms with E-state index in [1.807, 2.05) is 36.9 Å². The zero-order valence-electron chi connectivity index (χ0n) is 17.6. The Morgan fingerprint density at radius 3 is 2.81 bits per heavy atom. The van der Waals surface area contributed by atoms with Crippen LogP contribution in [0.15, 0.2) is 64.0 Å². The van der Waals surface area contributed by atoms with Gasteiger partial charge in [-0.1, -0.05) is 29.8 Å². The topological polar surface area (TPSA) is 85.0 Å². The number of rotatable bonds is 5. The number of carbonyl (C=O) groups excluding carboxylic acids is 1. The lowest BCUT2D eigenvalue weighted by atomic mass is 10.1. The monoisotopic (exact) mass is 433 g/mol. The Balaban J connectivity index is 1.56. The van der Waals surface area contributed by atoms with Crippen LogP contribution in [0.1, 0.15) is 36.6 Å². The molecule has 3 aromatic heterocycles. The number of carbonyl (C=O) groups is 1. The minimum atomic E-state index is -0.419. The quantitative estimate of drug-likeness (QED) is 0.488. The lowest BCUT2D eigenvalue weighted by molar-refractivity contribution is -0.113. The van der Waals surface area contributed by atoms with Gasteiger partial charge in [-0.05, 0) is 38.5 Å². The Morgan fingerprint density at radius 1 is 1.29 bits per heavy atom. The van der Waals surface area contributed by atoms with Gasteiger partial charge in [0.05, 0.1) is 6.20 Å². The number of hydrogen-bond donors (Lipinski definition) is 1.